The lowest BCUT2D eigenvalue weighted by molar-refractivity contribution is 0.604. The predicted molar refractivity (Wildman–Crippen MR) is 65.1 cm³/mol. The van der Waals surface area contributed by atoms with Crippen LogP contribution in [0.1, 0.15) is 11.3 Å². The maximum absolute atomic E-state index is 12.0. The number of thiophene rings is 1. The lowest BCUT2D eigenvalue weighted by Crippen LogP contribution is -2.35. The van der Waals surface area contributed by atoms with E-state index < -0.39 is 0 Å². The Bertz CT molecular complexity index is 623. The molecule has 2 rings (SSSR count). The number of nitrogens with two attached hydrogens (primary N) is 1. The van der Waals surface area contributed by atoms with Crippen LogP contribution in [0.25, 0.3) is 10.2 Å². The molecule has 0 radical (unpaired) electrons. The van der Waals surface area contributed by atoms with Gasteiger partial charge in [0, 0.05) is 11.4 Å². The van der Waals surface area contributed by atoms with Crippen LogP contribution in [-0.4, -0.2) is 16.1 Å². The van der Waals surface area contributed by atoms with Gasteiger partial charge in [0.2, 0.25) is 0 Å². The summed E-state index contributed by atoms with van der Waals surface area (Å²) in [5.41, 5.74) is 4.79. The van der Waals surface area contributed by atoms with Gasteiger partial charge in [-0.25, -0.2) is 4.79 Å². The molecule has 0 aliphatic heterocycles. The van der Waals surface area contributed by atoms with Crippen LogP contribution in [0.15, 0.2) is 15.7 Å². The van der Waals surface area contributed by atoms with Crippen LogP contribution in [0.3, 0.4) is 0 Å². The second kappa shape index (κ2) is 4.23. The summed E-state index contributed by atoms with van der Waals surface area (Å²) < 4.78 is 1.21. The molecule has 0 saturated carbocycles. The SMILES string of the molecule is Cc1cc2c(=O)n(CCCN)c(=O)[nH]c2s1. The first kappa shape index (κ1) is 11.1. The van der Waals surface area contributed by atoms with Crippen LogP contribution in [0.4, 0.5) is 0 Å². The van der Waals surface area contributed by atoms with Crippen molar-refractivity contribution in [3.63, 3.8) is 0 Å². The van der Waals surface area contributed by atoms with Crippen molar-refractivity contribution in [1.29, 1.82) is 0 Å². The van der Waals surface area contributed by atoms with Gasteiger partial charge in [-0.15, -0.1) is 11.3 Å². The molecule has 0 unspecified atom stereocenters. The van der Waals surface area contributed by atoms with E-state index in [4.69, 9.17) is 5.73 Å². The highest BCUT2D eigenvalue weighted by Gasteiger charge is 2.09. The Labute approximate surface area is 95.5 Å². The lowest BCUT2D eigenvalue weighted by atomic mass is 10.3. The fourth-order valence-corrected chi connectivity index (χ4v) is 2.51. The first-order valence-electron chi connectivity index (χ1n) is 5.07. The Hall–Kier alpha value is -1.40. The number of hydrogen-bond donors (Lipinski definition) is 2. The Morgan fingerprint density at radius 1 is 1.50 bits per heavy atom. The molecule has 0 aromatic carbocycles. The van der Waals surface area contributed by atoms with Crippen molar-refractivity contribution in [2.24, 2.45) is 5.73 Å². The van der Waals surface area contributed by atoms with Gasteiger partial charge in [0.05, 0.1) is 5.39 Å². The largest absolute Gasteiger partial charge is 0.330 e. The third-order valence-corrected chi connectivity index (χ3v) is 3.35. The average Bonchev–Trinajstić information content (AvgIpc) is 2.59. The maximum Gasteiger partial charge on any atom is 0.329 e. The molecule has 86 valence electrons. The number of aromatic nitrogens is 2. The molecule has 2 heterocycles. The molecule has 5 nitrogen and oxygen atoms in total. The summed E-state index contributed by atoms with van der Waals surface area (Å²) in [6.07, 6.45) is 0.623. The van der Waals surface area contributed by atoms with Crippen LogP contribution >= 0.6 is 11.3 Å². The molecular weight excluding hydrogens is 226 g/mol. The van der Waals surface area contributed by atoms with Crippen LogP contribution in [0.5, 0.6) is 0 Å². The molecule has 3 N–H and O–H groups in total. The van der Waals surface area contributed by atoms with Crippen molar-refractivity contribution < 1.29 is 0 Å². The number of rotatable bonds is 3. The average molecular weight is 239 g/mol. The summed E-state index contributed by atoms with van der Waals surface area (Å²) in [6, 6.07) is 1.80. The van der Waals surface area contributed by atoms with E-state index in [9.17, 15) is 9.59 Å². The number of fused-ring (bicyclic) bond motifs is 1. The van der Waals surface area contributed by atoms with Gasteiger partial charge >= 0.3 is 5.69 Å². The topological polar surface area (TPSA) is 80.9 Å². The second-order valence-electron chi connectivity index (χ2n) is 3.63. The minimum absolute atomic E-state index is 0.225. The summed E-state index contributed by atoms with van der Waals surface area (Å²) in [5.74, 6) is 0. The van der Waals surface area contributed by atoms with Crippen LogP contribution in [0, 0.1) is 6.92 Å². The Morgan fingerprint density at radius 2 is 2.25 bits per heavy atom. The second-order valence-corrected chi connectivity index (χ2v) is 4.89. The molecule has 0 atom stereocenters. The van der Waals surface area contributed by atoms with Crippen molar-refractivity contribution in [3.8, 4) is 0 Å². The fourth-order valence-electron chi connectivity index (χ4n) is 1.62. The third-order valence-electron chi connectivity index (χ3n) is 2.38. The highest BCUT2D eigenvalue weighted by molar-refractivity contribution is 7.18. The van der Waals surface area contributed by atoms with Crippen LogP contribution in [0.2, 0.25) is 0 Å². The molecule has 0 aliphatic carbocycles. The fraction of sp³-hybridized carbons (Fsp3) is 0.400. The Balaban J connectivity index is 2.65. The van der Waals surface area contributed by atoms with Crippen molar-refractivity contribution in [2.75, 3.05) is 6.54 Å². The summed E-state index contributed by atoms with van der Waals surface area (Å²) in [5, 5.41) is 0.583. The predicted octanol–water partition coefficient (Wildman–Crippen LogP) is 0.409. The highest BCUT2D eigenvalue weighted by Crippen LogP contribution is 2.18. The molecule has 0 aliphatic rings. The molecule has 0 amide bonds. The lowest BCUT2D eigenvalue weighted by Gasteiger charge is -2.02. The van der Waals surface area contributed by atoms with Crippen molar-refractivity contribution in [3.05, 3.63) is 31.8 Å². The van der Waals surface area contributed by atoms with E-state index in [2.05, 4.69) is 4.98 Å². The molecule has 0 fully saturated rings. The van der Waals surface area contributed by atoms with Gasteiger partial charge in [0.15, 0.2) is 0 Å². The van der Waals surface area contributed by atoms with Gasteiger partial charge in [-0.2, -0.15) is 0 Å². The van der Waals surface area contributed by atoms with Crippen LogP contribution in [-0.2, 0) is 6.54 Å². The number of H-pyrrole nitrogens is 1. The zero-order valence-corrected chi connectivity index (χ0v) is 9.76. The minimum atomic E-state index is -0.354. The highest BCUT2D eigenvalue weighted by atomic mass is 32.1. The Morgan fingerprint density at radius 3 is 2.94 bits per heavy atom. The van der Waals surface area contributed by atoms with Crippen molar-refractivity contribution in [1.82, 2.24) is 9.55 Å². The quantitative estimate of drug-likeness (QED) is 0.814. The van der Waals surface area contributed by atoms with Gasteiger partial charge in [-0.05, 0) is 26.0 Å². The van der Waals surface area contributed by atoms with E-state index >= 15 is 0 Å². The first-order valence-corrected chi connectivity index (χ1v) is 5.88. The number of hydrogen-bond acceptors (Lipinski definition) is 4. The summed E-state index contributed by atoms with van der Waals surface area (Å²) in [4.78, 5) is 28.0. The van der Waals surface area contributed by atoms with E-state index in [0.29, 0.717) is 29.7 Å². The van der Waals surface area contributed by atoms with Gasteiger partial charge in [-0.3, -0.25) is 14.3 Å². The zero-order chi connectivity index (χ0) is 11.7. The van der Waals surface area contributed by atoms with Crippen molar-refractivity contribution in [2.45, 2.75) is 19.9 Å². The maximum atomic E-state index is 12.0. The number of aromatic amines is 1. The van der Waals surface area contributed by atoms with E-state index in [1.54, 1.807) is 6.07 Å². The molecule has 6 heteroatoms. The monoisotopic (exact) mass is 239 g/mol. The van der Waals surface area contributed by atoms with Gasteiger partial charge in [0.25, 0.3) is 5.56 Å². The van der Waals surface area contributed by atoms with Gasteiger partial charge < -0.3 is 5.73 Å². The van der Waals surface area contributed by atoms with Gasteiger partial charge in [0.1, 0.15) is 4.83 Å². The molecule has 16 heavy (non-hydrogen) atoms. The van der Waals surface area contributed by atoms with E-state index in [0.717, 1.165) is 4.88 Å². The minimum Gasteiger partial charge on any atom is -0.330 e. The zero-order valence-electron chi connectivity index (χ0n) is 8.95. The molecule has 0 saturated heterocycles. The Kier molecular flexibility index (Phi) is 2.93. The summed E-state index contributed by atoms with van der Waals surface area (Å²) >= 11 is 1.42. The first-order chi connectivity index (χ1) is 7.63. The van der Waals surface area contributed by atoms with Crippen LogP contribution < -0.4 is 17.0 Å². The number of nitrogens with zero attached hydrogens (tertiary/aromatic N) is 1. The van der Waals surface area contributed by atoms with E-state index in [-0.39, 0.29) is 11.2 Å². The summed E-state index contributed by atoms with van der Waals surface area (Å²) in [7, 11) is 0. The number of nitrogens with one attached hydrogen (secondary N) is 1. The normalized spacial score (nSPS) is 11.1. The number of aryl methyl sites for hydroxylation is 1. The smallest absolute Gasteiger partial charge is 0.329 e. The molecular formula is C10H13N3O2S. The standard InChI is InChI=1S/C10H13N3O2S/c1-6-5-7-8(16-6)12-10(15)13(9(7)14)4-2-3-11/h5H,2-4,11H2,1H3,(H,12,15). The van der Waals surface area contributed by atoms with E-state index in [1.165, 1.54) is 15.9 Å². The third kappa shape index (κ3) is 1.81. The molecule has 2 aromatic heterocycles. The molecule has 2 aromatic rings. The molecule has 0 bridgehead atoms. The van der Waals surface area contributed by atoms with Crippen molar-refractivity contribution >= 4 is 21.6 Å². The van der Waals surface area contributed by atoms with E-state index in [1.807, 2.05) is 6.92 Å². The summed E-state index contributed by atoms with van der Waals surface area (Å²) in [6.45, 7) is 2.74. The molecule has 0 spiro atoms. The van der Waals surface area contributed by atoms with Gasteiger partial charge in [-0.1, -0.05) is 0 Å².